The zero-order chi connectivity index (χ0) is 12.2. The number of rotatable bonds is 1. The topological polar surface area (TPSA) is 26.3 Å². The van der Waals surface area contributed by atoms with E-state index in [0.29, 0.717) is 23.7 Å². The molecule has 2 saturated carbocycles. The fourth-order valence-corrected chi connectivity index (χ4v) is 4.41. The molecule has 0 spiro atoms. The van der Waals surface area contributed by atoms with Crippen molar-refractivity contribution in [1.82, 2.24) is 0 Å². The number of ether oxygens (including phenoxy) is 1. The van der Waals surface area contributed by atoms with E-state index in [9.17, 15) is 4.79 Å². The van der Waals surface area contributed by atoms with Gasteiger partial charge in [-0.2, -0.15) is 0 Å². The van der Waals surface area contributed by atoms with Gasteiger partial charge in [0.2, 0.25) is 0 Å². The molecule has 1 saturated heterocycles. The molecule has 94 valence electrons. The van der Waals surface area contributed by atoms with Gasteiger partial charge in [-0.15, -0.1) is 0 Å². The lowest BCUT2D eigenvalue weighted by atomic mass is 9.79. The summed E-state index contributed by atoms with van der Waals surface area (Å²) in [6, 6.07) is 0. The van der Waals surface area contributed by atoms with E-state index in [0.717, 1.165) is 19.3 Å². The fraction of sp³-hybridized carbons (Fsp3) is 0.800. The smallest absolute Gasteiger partial charge is 0.309 e. The monoisotopic (exact) mass is 234 g/mol. The first kappa shape index (κ1) is 11.3. The summed E-state index contributed by atoms with van der Waals surface area (Å²) in [7, 11) is 0. The van der Waals surface area contributed by atoms with Gasteiger partial charge >= 0.3 is 5.97 Å². The lowest BCUT2D eigenvalue weighted by molar-refractivity contribution is -0.144. The molecule has 3 aliphatic rings. The zero-order valence-electron chi connectivity index (χ0n) is 10.8. The van der Waals surface area contributed by atoms with Gasteiger partial charge in [0.05, 0.1) is 5.92 Å². The fourth-order valence-electron chi connectivity index (χ4n) is 4.41. The molecule has 2 nitrogen and oxygen atoms in total. The van der Waals surface area contributed by atoms with E-state index in [-0.39, 0.29) is 18.0 Å². The van der Waals surface area contributed by atoms with Crippen LogP contribution in [0.2, 0.25) is 0 Å². The first-order valence-electron chi connectivity index (χ1n) is 6.94. The van der Waals surface area contributed by atoms with Crippen molar-refractivity contribution in [3.63, 3.8) is 0 Å². The number of carbonyl (C=O) groups is 1. The van der Waals surface area contributed by atoms with Crippen molar-refractivity contribution < 1.29 is 9.53 Å². The Labute approximate surface area is 103 Å². The average molecular weight is 234 g/mol. The first-order valence-corrected chi connectivity index (χ1v) is 6.94. The van der Waals surface area contributed by atoms with Gasteiger partial charge in [0.1, 0.15) is 6.10 Å². The van der Waals surface area contributed by atoms with Gasteiger partial charge in [0.15, 0.2) is 0 Å². The normalized spacial score (nSPS) is 48.5. The molecule has 0 aromatic carbocycles. The summed E-state index contributed by atoms with van der Waals surface area (Å²) in [5.74, 6) is 2.81. The Kier molecular flexibility index (Phi) is 2.57. The van der Waals surface area contributed by atoms with Crippen molar-refractivity contribution >= 4 is 5.97 Å². The maximum atomic E-state index is 11.9. The highest BCUT2D eigenvalue weighted by Crippen LogP contribution is 2.54. The van der Waals surface area contributed by atoms with Crippen LogP contribution in [0.1, 0.15) is 39.5 Å². The summed E-state index contributed by atoms with van der Waals surface area (Å²) in [4.78, 5) is 11.9. The Balaban J connectivity index is 1.89. The minimum absolute atomic E-state index is 0.0827. The maximum Gasteiger partial charge on any atom is 0.309 e. The van der Waals surface area contributed by atoms with Gasteiger partial charge in [0, 0.05) is 5.92 Å². The lowest BCUT2D eigenvalue weighted by Gasteiger charge is -2.23. The van der Waals surface area contributed by atoms with Gasteiger partial charge < -0.3 is 4.74 Å². The van der Waals surface area contributed by atoms with Crippen molar-refractivity contribution in [1.29, 1.82) is 0 Å². The van der Waals surface area contributed by atoms with Crippen LogP contribution in [0.4, 0.5) is 0 Å². The summed E-state index contributed by atoms with van der Waals surface area (Å²) in [6.07, 6.45) is 4.68. The number of carbonyl (C=O) groups excluding carboxylic acids is 1. The van der Waals surface area contributed by atoms with Crippen molar-refractivity contribution in [2.75, 3.05) is 0 Å². The van der Waals surface area contributed by atoms with Gasteiger partial charge in [-0.25, -0.2) is 0 Å². The Bertz CT molecular complexity index is 360. The van der Waals surface area contributed by atoms with E-state index < -0.39 is 0 Å². The van der Waals surface area contributed by atoms with E-state index >= 15 is 0 Å². The highest BCUT2D eigenvalue weighted by molar-refractivity contribution is 5.75. The third-order valence-electron chi connectivity index (χ3n) is 5.37. The number of hydrogen-bond donors (Lipinski definition) is 0. The molecule has 6 atom stereocenters. The number of hydrogen-bond acceptors (Lipinski definition) is 2. The predicted molar refractivity (Wildman–Crippen MR) is 66.3 cm³/mol. The average Bonchev–Trinajstić information content (AvgIpc) is 2.62. The molecule has 0 aromatic heterocycles. The van der Waals surface area contributed by atoms with Crippen molar-refractivity contribution in [2.24, 2.45) is 29.6 Å². The van der Waals surface area contributed by atoms with Crippen LogP contribution in [0.15, 0.2) is 12.2 Å². The van der Waals surface area contributed by atoms with Crippen LogP contribution in [0.3, 0.4) is 0 Å². The van der Waals surface area contributed by atoms with Crippen LogP contribution in [0.5, 0.6) is 0 Å². The second kappa shape index (κ2) is 3.86. The lowest BCUT2D eigenvalue weighted by Crippen LogP contribution is -2.22. The molecule has 17 heavy (non-hydrogen) atoms. The Morgan fingerprint density at radius 2 is 2.12 bits per heavy atom. The van der Waals surface area contributed by atoms with Gasteiger partial charge in [0.25, 0.3) is 0 Å². The Morgan fingerprint density at radius 3 is 2.82 bits per heavy atom. The number of esters is 1. The van der Waals surface area contributed by atoms with Crippen LogP contribution in [0, 0.1) is 29.6 Å². The van der Waals surface area contributed by atoms with E-state index in [4.69, 9.17) is 4.74 Å². The molecule has 3 fully saturated rings. The largest absolute Gasteiger partial charge is 0.462 e. The first-order chi connectivity index (χ1) is 8.08. The zero-order valence-corrected chi connectivity index (χ0v) is 10.8. The van der Waals surface area contributed by atoms with Crippen LogP contribution in [-0.2, 0) is 9.53 Å². The summed E-state index contributed by atoms with van der Waals surface area (Å²) in [5, 5.41) is 0. The molecule has 0 amide bonds. The molecule has 0 bridgehead atoms. The molecule has 0 aromatic rings. The highest BCUT2D eigenvalue weighted by atomic mass is 16.6. The molecule has 3 rings (SSSR count). The third kappa shape index (κ3) is 1.64. The van der Waals surface area contributed by atoms with Crippen molar-refractivity contribution in [3.05, 3.63) is 12.2 Å². The van der Waals surface area contributed by atoms with Crippen LogP contribution in [-0.4, -0.2) is 12.1 Å². The van der Waals surface area contributed by atoms with Crippen LogP contribution in [0.25, 0.3) is 0 Å². The summed E-state index contributed by atoms with van der Waals surface area (Å²) in [6.45, 7) is 8.59. The molecule has 2 heteroatoms. The molecule has 1 heterocycles. The van der Waals surface area contributed by atoms with Crippen LogP contribution >= 0.6 is 0 Å². The standard InChI is InChI=1S/C15H22O2/c1-8(2)10-4-5-11-14-12(7-10)9(3)6-13(14)17-15(11)16/h9-14H,1,4-7H2,2-3H3. The molecule has 6 unspecified atom stereocenters. The molecule has 2 aliphatic carbocycles. The van der Waals surface area contributed by atoms with Crippen LogP contribution < -0.4 is 0 Å². The van der Waals surface area contributed by atoms with E-state index in [1.807, 2.05) is 0 Å². The van der Waals surface area contributed by atoms with Crippen molar-refractivity contribution in [3.8, 4) is 0 Å². The van der Waals surface area contributed by atoms with E-state index in [1.165, 1.54) is 12.0 Å². The van der Waals surface area contributed by atoms with E-state index in [1.54, 1.807) is 0 Å². The maximum absolute atomic E-state index is 11.9. The third-order valence-corrected chi connectivity index (χ3v) is 5.37. The predicted octanol–water partition coefficient (Wildman–Crippen LogP) is 3.18. The SMILES string of the molecule is C=C(C)C1CCC2C(=O)OC3CC(C)C(C1)C32. The minimum atomic E-state index is 0.0827. The minimum Gasteiger partial charge on any atom is -0.462 e. The summed E-state index contributed by atoms with van der Waals surface area (Å²) >= 11 is 0. The van der Waals surface area contributed by atoms with Gasteiger partial charge in [-0.1, -0.05) is 19.1 Å². The molecular formula is C15H22O2. The summed E-state index contributed by atoms with van der Waals surface area (Å²) in [5.41, 5.74) is 1.30. The molecule has 1 aliphatic heterocycles. The van der Waals surface area contributed by atoms with Gasteiger partial charge in [-0.3, -0.25) is 4.79 Å². The number of allylic oxidation sites excluding steroid dienone is 1. The molecular weight excluding hydrogens is 212 g/mol. The van der Waals surface area contributed by atoms with E-state index in [2.05, 4.69) is 20.4 Å². The Hall–Kier alpha value is -0.790. The highest BCUT2D eigenvalue weighted by Gasteiger charge is 2.55. The molecule has 0 N–H and O–H groups in total. The second-order valence-corrected chi connectivity index (χ2v) is 6.39. The quantitative estimate of drug-likeness (QED) is 0.514. The van der Waals surface area contributed by atoms with Crippen molar-refractivity contribution in [2.45, 2.75) is 45.6 Å². The second-order valence-electron chi connectivity index (χ2n) is 6.39. The van der Waals surface area contributed by atoms with Gasteiger partial charge in [-0.05, 0) is 50.4 Å². The Morgan fingerprint density at radius 1 is 1.35 bits per heavy atom. The molecule has 0 radical (unpaired) electrons. The summed E-state index contributed by atoms with van der Waals surface area (Å²) < 4.78 is 5.56.